The molecule has 0 radical (unpaired) electrons. The Balaban J connectivity index is 3.01. The molecule has 1 heterocycles. The lowest BCUT2D eigenvalue weighted by atomic mass is 10.3. The minimum absolute atomic E-state index is 0.0532. The summed E-state index contributed by atoms with van der Waals surface area (Å²) in [6, 6.07) is 0. The molecule has 0 fully saturated rings. The van der Waals surface area contributed by atoms with Crippen molar-refractivity contribution in [1.82, 2.24) is 10.2 Å². The van der Waals surface area contributed by atoms with E-state index in [0.29, 0.717) is 5.56 Å². The van der Waals surface area contributed by atoms with Crippen LogP contribution in [0.15, 0.2) is 6.20 Å². The van der Waals surface area contributed by atoms with Crippen molar-refractivity contribution in [2.24, 2.45) is 0 Å². The molecule has 0 unspecified atom stereocenters. The second-order valence-electron chi connectivity index (χ2n) is 1.73. The molecule has 0 aliphatic rings. The predicted molar refractivity (Wildman–Crippen MR) is 31.5 cm³/mol. The van der Waals surface area contributed by atoms with E-state index in [1.165, 1.54) is 6.20 Å². The summed E-state index contributed by atoms with van der Waals surface area (Å²) < 4.78 is 0. The molecule has 1 aromatic heterocycles. The van der Waals surface area contributed by atoms with Crippen molar-refractivity contribution in [3.63, 3.8) is 0 Å². The molecule has 5 heteroatoms. The van der Waals surface area contributed by atoms with Gasteiger partial charge in [0.15, 0.2) is 0 Å². The maximum Gasteiger partial charge on any atom is 0.354 e. The van der Waals surface area contributed by atoms with Crippen LogP contribution in [0.3, 0.4) is 0 Å². The van der Waals surface area contributed by atoms with Gasteiger partial charge in [-0.3, -0.25) is 5.10 Å². The highest BCUT2D eigenvalue weighted by Crippen LogP contribution is 2.02. The molecule has 0 amide bonds. The molecule has 5 nitrogen and oxygen atoms in total. The highest BCUT2D eigenvalue weighted by atomic mass is 16.4. The first-order valence-electron chi connectivity index (χ1n) is 2.62. The summed E-state index contributed by atoms with van der Waals surface area (Å²) in [7, 11) is 0. The Hall–Kier alpha value is -1.36. The van der Waals surface area contributed by atoms with Gasteiger partial charge in [-0.1, -0.05) is 0 Å². The van der Waals surface area contributed by atoms with Gasteiger partial charge in [-0.2, -0.15) is 5.10 Å². The van der Waals surface area contributed by atoms with Crippen LogP contribution in [-0.2, 0) is 6.61 Å². The van der Waals surface area contributed by atoms with Gasteiger partial charge >= 0.3 is 5.97 Å². The number of hydrogen-bond acceptors (Lipinski definition) is 3. The fourth-order valence-corrected chi connectivity index (χ4v) is 0.616. The Bertz CT molecular complexity index is 243. The minimum Gasteiger partial charge on any atom is -0.477 e. The van der Waals surface area contributed by atoms with E-state index in [2.05, 4.69) is 10.2 Å². The molecular weight excluding hydrogens is 136 g/mol. The van der Waals surface area contributed by atoms with E-state index in [0.717, 1.165) is 0 Å². The summed E-state index contributed by atoms with van der Waals surface area (Å²) >= 11 is 0. The van der Waals surface area contributed by atoms with Crippen molar-refractivity contribution in [1.29, 1.82) is 0 Å². The minimum atomic E-state index is -1.11. The highest BCUT2D eigenvalue weighted by molar-refractivity contribution is 5.86. The second-order valence-corrected chi connectivity index (χ2v) is 1.73. The summed E-state index contributed by atoms with van der Waals surface area (Å²) in [6.07, 6.45) is 1.28. The fourth-order valence-electron chi connectivity index (χ4n) is 0.616. The van der Waals surface area contributed by atoms with Crippen LogP contribution in [0.4, 0.5) is 0 Å². The summed E-state index contributed by atoms with van der Waals surface area (Å²) in [6.45, 7) is -0.307. The molecule has 0 saturated carbocycles. The van der Waals surface area contributed by atoms with Gasteiger partial charge in [0.05, 0.1) is 12.8 Å². The Morgan fingerprint density at radius 2 is 2.50 bits per heavy atom. The molecule has 3 N–H and O–H groups in total. The number of carboxylic acid groups (broad SMARTS) is 1. The molecule has 0 saturated heterocycles. The largest absolute Gasteiger partial charge is 0.477 e. The Morgan fingerprint density at radius 1 is 1.80 bits per heavy atom. The van der Waals surface area contributed by atoms with Gasteiger partial charge in [0.1, 0.15) is 5.69 Å². The Morgan fingerprint density at radius 3 is 2.90 bits per heavy atom. The number of H-pyrrole nitrogens is 1. The first kappa shape index (κ1) is 6.76. The molecule has 0 aliphatic carbocycles. The van der Waals surface area contributed by atoms with E-state index < -0.39 is 5.97 Å². The number of aromatic carboxylic acids is 1. The Labute approximate surface area is 56.3 Å². The summed E-state index contributed by atoms with van der Waals surface area (Å²) in [4.78, 5) is 10.3. The van der Waals surface area contributed by atoms with E-state index in [-0.39, 0.29) is 12.3 Å². The molecule has 10 heavy (non-hydrogen) atoms. The van der Waals surface area contributed by atoms with Crippen LogP contribution in [0.2, 0.25) is 0 Å². The zero-order chi connectivity index (χ0) is 7.56. The highest BCUT2D eigenvalue weighted by Gasteiger charge is 2.09. The lowest BCUT2D eigenvalue weighted by molar-refractivity contribution is 0.0687. The SMILES string of the molecule is O=C(O)c1[nH]ncc1CO. The number of nitrogens with one attached hydrogen (secondary N) is 1. The molecule has 0 bridgehead atoms. The number of nitrogens with zero attached hydrogens (tertiary/aromatic N) is 1. The number of hydrogen-bond donors (Lipinski definition) is 3. The van der Waals surface area contributed by atoms with Crippen LogP contribution in [0.25, 0.3) is 0 Å². The van der Waals surface area contributed by atoms with Crippen molar-refractivity contribution >= 4 is 5.97 Å². The quantitative estimate of drug-likeness (QED) is 0.524. The van der Waals surface area contributed by atoms with Crippen LogP contribution in [-0.4, -0.2) is 26.4 Å². The van der Waals surface area contributed by atoms with Crippen molar-refractivity contribution in [2.45, 2.75) is 6.61 Å². The van der Waals surface area contributed by atoms with Crippen LogP contribution in [0, 0.1) is 0 Å². The zero-order valence-electron chi connectivity index (χ0n) is 5.03. The topological polar surface area (TPSA) is 86.2 Å². The molecule has 1 rings (SSSR count). The van der Waals surface area contributed by atoms with Gasteiger partial charge < -0.3 is 10.2 Å². The number of aliphatic hydroxyl groups is 1. The molecule has 0 atom stereocenters. The van der Waals surface area contributed by atoms with Gasteiger partial charge in [0, 0.05) is 5.56 Å². The maximum atomic E-state index is 10.3. The smallest absolute Gasteiger partial charge is 0.354 e. The van der Waals surface area contributed by atoms with E-state index in [9.17, 15) is 4.79 Å². The predicted octanol–water partition coefficient (Wildman–Crippen LogP) is -0.400. The number of carboxylic acids is 1. The average molecular weight is 142 g/mol. The second kappa shape index (κ2) is 2.49. The van der Waals surface area contributed by atoms with Crippen molar-refractivity contribution in [3.8, 4) is 0 Å². The Kier molecular flexibility index (Phi) is 1.68. The normalized spacial score (nSPS) is 9.70. The van der Waals surface area contributed by atoms with Crippen molar-refractivity contribution < 1.29 is 15.0 Å². The first-order chi connectivity index (χ1) is 4.75. The summed E-state index contributed by atoms with van der Waals surface area (Å²) in [5.41, 5.74) is 0.245. The first-order valence-corrected chi connectivity index (χ1v) is 2.62. The lowest BCUT2D eigenvalue weighted by Crippen LogP contribution is -2.00. The van der Waals surface area contributed by atoms with E-state index in [4.69, 9.17) is 10.2 Å². The summed E-state index contributed by atoms with van der Waals surface area (Å²) in [5.74, 6) is -1.11. The van der Waals surface area contributed by atoms with Gasteiger partial charge in [0.2, 0.25) is 0 Å². The van der Waals surface area contributed by atoms with E-state index in [1.54, 1.807) is 0 Å². The molecule has 0 aromatic carbocycles. The van der Waals surface area contributed by atoms with E-state index in [1.807, 2.05) is 0 Å². The molecule has 0 spiro atoms. The third kappa shape index (κ3) is 0.985. The standard InChI is InChI=1S/C5H6N2O3/c8-2-3-1-6-7-4(3)5(9)10/h1,8H,2H2,(H,6,7)(H,9,10). The van der Waals surface area contributed by atoms with Gasteiger partial charge in [-0.25, -0.2) is 4.79 Å². The third-order valence-corrected chi connectivity index (χ3v) is 1.10. The number of aromatic nitrogens is 2. The number of aromatic amines is 1. The maximum absolute atomic E-state index is 10.3. The number of aliphatic hydroxyl groups excluding tert-OH is 1. The molecule has 54 valence electrons. The fraction of sp³-hybridized carbons (Fsp3) is 0.200. The molecular formula is C5H6N2O3. The van der Waals surface area contributed by atoms with Gasteiger partial charge in [-0.15, -0.1) is 0 Å². The lowest BCUT2D eigenvalue weighted by Gasteiger charge is -1.89. The molecule has 1 aromatic rings. The van der Waals surface area contributed by atoms with Crippen LogP contribution in [0.5, 0.6) is 0 Å². The van der Waals surface area contributed by atoms with Gasteiger partial charge in [0.25, 0.3) is 0 Å². The number of carbonyl (C=O) groups is 1. The van der Waals surface area contributed by atoms with E-state index >= 15 is 0 Å². The monoisotopic (exact) mass is 142 g/mol. The van der Waals surface area contributed by atoms with Gasteiger partial charge in [-0.05, 0) is 0 Å². The number of rotatable bonds is 2. The van der Waals surface area contributed by atoms with Crippen LogP contribution in [0.1, 0.15) is 16.1 Å². The summed E-state index contributed by atoms with van der Waals surface area (Å²) in [5, 5.41) is 22.6. The van der Waals surface area contributed by atoms with Crippen LogP contribution < -0.4 is 0 Å². The van der Waals surface area contributed by atoms with Crippen molar-refractivity contribution in [3.05, 3.63) is 17.5 Å². The zero-order valence-corrected chi connectivity index (χ0v) is 5.03. The van der Waals surface area contributed by atoms with Crippen LogP contribution >= 0.6 is 0 Å². The molecule has 0 aliphatic heterocycles. The third-order valence-electron chi connectivity index (χ3n) is 1.10. The van der Waals surface area contributed by atoms with Crippen molar-refractivity contribution in [2.75, 3.05) is 0 Å². The average Bonchev–Trinajstić information content (AvgIpc) is 2.33.